The molecule has 32 heavy (non-hydrogen) atoms. The van der Waals surface area contributed by atoms with Crippen molar-refractivity contribution in [1.82, 2.24) is 4.98 Å². The van der Waals surface area contributed by atoms with Gasteiger partial charge in [-0.3, -0.25) is 0 Å². The summed E-state index contributed by atoms with van der Waals surface area (Å²) < 4.78 is 16.6. The number of carbonyl (C=O) groups is 1. The second kappa shape index (κ2) is 9.50. The maximum atomic E-state index is 11.6. The number of nitriles is 1. The van der Waals surface area contributed by atoms with Gasteiger partial charge in [0.25, 0.3) is 0 Å². The molecule has 0 bridgehead atoms. The van der Waals surface area contributed by atoms with Gasteiger partial charge in [-0.2, -0.15) is 5.26 Å². The molecule has 4 rings (SSSR count). The van der Waals surface area contributed by atoms with Gasteiger partial charge >= 0.3 is 5.97 Å². The SMILES string of the molecule is CCc1ccc(-c2cc(-c3cccs3)nc(OCc3ccc(C(=O)OC)cc3)c2C#N)o1. The van der Waals surface area contributed by atoms with Crippen LogP contribution >= 0.6 is 11.3 Å². The largest absolute Gasteiger partial charge is 0.472 e. The Balaban J connectivity index is 1.70. The van der Waals surface area contributed by atoms with Gasteiger partial charge in [-0.05, 0) is 47.3 Å². The highest BCUT2D eigenvalue weighted by atomic mass is 32.1. The first-order valence-corrected chi connectivity index (χ1v) is 10.9. The minimum absolute atomic E-state index is 0.189. The lowest BCUT2D eigenvalue weighted by Crippen LogP contribution is -2.04. The fourth-order valence-corrected chi connectivity index (χ4v) is 3.88. The lowest BCUT2D eigenvalue weighted by Gasteiger charge is -2.12. The summed E-state index contributed by atoms with van der Waals surface area (Å²) in [5, 5.41) is 11.9. The lowest BCUT2D eigenvalue weighted by atomic mass is 10.1. The van der Waals surface area contributed by atoms with E-state index in [0.717, 1.165) is 22.6 Å². The fourth-order valence-electron chi connectivity index (χ4n) is 3.20. The molecule has 0 N–H and O–H groups in total. The molecule has 0 radical (unpaired) electrons. The van der Waals surface area contributed by atoms with Crippen LogP contribution in [0.5, 0.6) is 5.88 Å². The summed E-state index contributed by atoms with van der Waals surface area (Å²) in [6, 6.07) is 18.7. The summed E-state index contributed by atoms with van der Waals surface area (Å²) >= 11 is 1.56. The molecule has 0 aliphatic heterocycles. The quantitative estimate of drug-likeness (QED) is 0.331. The summed E-state index contributed by atoms with van der Waals surface area (Å²) in [6.45, 7) is 2.20. The van der Waals surface area contributed by atoms with Crippen LogP contribution in [0.3, 0.4) is 0 Å². The third-order valence-corrected chi connectivity index (χ3v) is 5.79. The van der Waals surface area contributed by atoms with E-state index in [2.05, 4.69) is 11.1 Å². The molecule has 4 aromatic rings. The van der Waals surface area contributed by atoms with E-state index in [1.165, 1.54) is 7.11 Å². The summed E-state index contributed by atoms with van der Waals surface area (Å²) in [4.78, 5) is 17.2. The van der Waals surface area contributed by atoms with Gasteiger partial charge in [-0.25, -0.2) is 9.78 Å². The molecule has 6 nitrogen and oxygen atoms in total. The summed E-state index contributed by atoms with van der Waals surface area (Å²) in [5.41, 5.74) is 2.95. The maximum absolute atomic E-state index is 11.6. The van der Waals surface area contributed by atoms with Crippen molar-refractivity contribution in [3.05, 3.63) is 82.4 Å². The monoisotopic (exact) mass is 444 g/mol. The predicted octanol–water partition coefficient (Wildman–Crippen LogP) is 5.87. The van der Waals surface area contributed by atoms with Crippen molar-refractivity contribution in [3.63, 3.8) is 0 Å². The smallest absolute Gasteiger partial charge is 0.337 e. The lowest BCUT2D eigenvalue weighted by molar-refractivity contribution is 0.0600. The van der Waals surface area contributed by atoms with Gasteiger partial charge in [-0.15, -0.1) is 11.3 Å². The number of esters is 1. The number of nitrogens with zero attached hydrogens (tertiary/aromatic N) is 2. The number of furan rings is 1. The van der Waals surface area contributed by atoms with Crippen molar-refractivity contribution in [1.29, 1.82) is 5.26 Å². The van der Waals surface area contributed by atoms with Crippen LogP contribution in [0.25, 0.3) is 21.9 Å². The Kier molecular flexibility index (Phi) is 6.34. The van der Waals surface area contributed by atoms with Crippen LogP contribution in [0, 0.1) is 11.3 Å². The number of aromatic nitrogens is 1. The number of ether oxygens (including phenoxy) is 2. The van der Waals surface area contributed by atoms with E-state index in [0.29, 0.717) is 28.1 Å². The van der Waals surface area contributed by atoms with E-state index in [1.807, 2.05) is 42.6 Å². The third-order valence-electron chi connectivity index (χ3n) is 4.90. The van der Waals surface area contributed by atoms with Crippen LogP contribution in [-0.4, -0.2) is 18.1 Å². The van der Waals surface area contributed by atoms with Crippen molar-refractivity contribution < 1.29 is 18.7 Å². The molecule has 1 aromatic carbocycles. The van der Waals surface area contributed by atoms with Crippen LogP contribution in [0.4, 0.5) is 0 Å². The Morgan fingerprint density at radius 1 is 1.19 bits per heavy atom. The van der Waals surface area contributed by atoms with Gasteiger partial charge in [0.15, 0.2) is 0 Å². The fraction of sp³-hybridized carbons (Fsp3) is 0.160. The zero-order valence-electron chi connectivity index (χ0n) is 17.6. The minimum atomic E-state index is -0.399. The van der Waals surface area contributed by atoms with Gasteiger partial charge in [0, 0.05) is 12.0 Å². The highest BCUT2D eigenvalue weighted by molar-refractivity contribution is 7.13. The van der Waals surface area contributed by atoms with E-state index in [-0.39, 0.29) is 12.5 Å². The summed E-state index contributed by atoms with van der Waals surface area (Å²) in [7, 11) is 1.34. The molecule has 0 saturated heterocycles. The minimum Gasteiger partial charge on any atom is -0.472 e. The van der Waals surface area contributed by atoms with E-state index < -0.39 is 5.97 Å². The number of rotatable bonds is 7. The van der Waals surface area contributed by atoms with Crippen molar-refractivity contribution >= 4 is 17.3 Å². The molecule has 0 aliphatic rings. The normalized spacial score (nSPS) is 10.5. The van der Waals surface area contributed by atoms with Crippen molar-refractivity contribution in [3.8, 4) is 33.8 Å². The molecular weight excluding hydrogens is 424 g/mol. The Hall–Kier alpha value is -3.89. The van der Waals surface area contributed by atoms with E-state index in [4.69, 9.17) is 13.9 Å². The first kappa shape index (κ1) is 21.3. The summed E-state index contributed by atoms with van der Waals surface area (Å²) in [5.74, 6) is 1.28. The number of benzene rings is 1. The standard InChI is InChI=1S/C25H20N2O4S/c1-3-18-10-11-22(31-18)19-13-21(23-5-4-12-32-23)27-24(20(19)14-26)30-15-16-6-8-17(9-7-16)25(28)29-2/h4-13H,3,15H2,1-2H3. The third kappa shape index (κ3) is 4.41. The predicted molar refractivity (Wildman–Crippen MR) is 121 cm³/mol. The second-order valence-corrected chi connectivity index (χ2v) is 7.87. The molecule has 160 valence electrons. The topological polar surface area (TPSA) is 85.4 Å². The average molecular weight is 445 g/mol. The maximum Gasteiger partial charge on any atom is 0.337 e. The number of carbonyl (C=O) groups excluding carboxylic acids is 1. The van der Waals surface area contributed by atoms with Gasteiger partial charge in [-0.1, -0.05) is 25.1 Å². The molecule has 0 spiro atoms. The molecule has 0 saturated carbocycles. The van der Waals surface area contributed by atoms with Crippen molar-refractivity contribution in [2.45, 2.75) is 20.0 Å². The Labute approximate surface area is 189 Å². The van der Waals surface area contributed by atoms with Crippen LogP contribution in [0.1, 0.15) is 34.2 Å². The molecule has 0 amide bonds. The van der Waals surface area contributed by atoms with Crippen LogP contribution in [0.15, 0.2) is 64.4 Å². The van der Waals surface area contributed by atoms with Gasteiger partial charge < -0.3 is 13.9 Å². The van der Waals surface area contributed by atoms with Gasteiger partial charge in [0.05, 0.1) is 23.2 Å². The molecule has 0 fully saturated rings. The number of thiophene rings is 1. The van der Waals surface area contributed by atoms with Crippen LogP contribution < -0.4 is 4.74 Å². The molecule has 7 heteroatoms. The van der Waals surface area contributed by atoms with Gasteiger partial charge in [0.2, 0.25) is 5.88 Å². The highest BCUT2D eigenvalue weighted by Gasteiger charge is 2.19. The molecule has 0 atom stereocenters. The molecular formula is C25H20N2O4S. The first-order chi connectivity index (χ1) is 15.6. The van der Waals surface area contributed by atoms with E-state index >= 15 is 0 Å². The molecule has 0 unspecified atom stereocenters. The number of hydrogen-bond acceptors (Lipinski definition) is 7. The summed E-state index contributed by atoms with van der Waals surface area (Å²) in [6.07, 6.45) is 0.760. The van der Waals surface area contributed by atoms with E-state index in [9.17, 15) is 10.1 Å². The first-order valence-electron chi connectivity index (χ1n) is 10.0. The number of hydrogen-bond donors (Lipinski definition) is 0. The van der Waals surface area contributed by atoms with E-state index in [1.54, 1.807) is 35.6 Å². The van der Waals surface area contributed by atoms with Crippen LogP contribution in [0.2, 0.25) is 0 Å². The number of pyridine rings is 1. The van der Waals surface area contributed by atoms with Gasteiger partial charge in [0.1, 0.15) is 29.8 Å². The number of methoxy groups -OCH3 is 1. The Morgan fingerprint density at radius 2 is 2.00 bits per heavy atom. The zero-order chi connectivity index (χ0) is 22.5. The Morgan fingerprint density at radius 3 is 2.62 bits per heavy atom. The van der Waals surface area contributed by atoms with Crippen LogP contribution in [-0.2, 0) is 17.8 Å². The molecule has 3 aromatic heterocycles. The number of aryl methyl sites for hydroxylation is 1. The highest BCUT2D eigenvalue weighted by Crippen LogP contribution is 2.36. The Bertz CT molecular complexity index is 1270. The second-order valence-electron chi connectivity index (χ2n) is 6.92. The molecule has 3 heterocycles. The van der Waals surface area contributed by atoms with Crippen molar-refractivity contribution in [2.24, 2.45) is 0 Å². The average Bonchev–Trinajstić information content (AvgIpc) is 3.54. The molecule has 0 aliphatic carbocycles. The van der Waals surface area contributed by atoms with Crippen molar-refractivity contribution in [2.75, 3.05) is 7.11 Å². The zero-order valence-corrected chi connectivity index (χ0v) is 18.4.